The number of nitrogens with zero attached hydrogens (tertiary/aromatic N) is 1. The second-order valence-electron chi connectivity index (χ2n) is 4.15. The molecule has 0 spiro atoms. The van der Waals surface area contributed by atoms with Crippen LogP contribution in [0.5, 0.6) is 5.75 Å². The van der Waals surface area contributed by atoms with Crippen LogP contribution in [0.1, 0.15) is 19.8 Å². The van der Waals surface area contributed by atoms with Gasteiger partial charge in [0.25, 0.3) is 5.91 Å². The number of rotatable bonds is 4. The van der Waals surface area contributed by atoms with Crippen molar-refractivity contribution in [1.29, 1.82) is 5.26 Å². The van der Waals surface area contributed by atoms with Crippen LogP contribution >= 0.6 is 0 Å². The van der Waals surface area contributed by atoms with E-state index >= 15 is 0 Å². The van der Waals surface area contributed by atoms with E-state index in [4.69, 9.17) is 10.00 Å². The van der Waals surface area contributed by atoms with Crippen LogP contribution in [0.2, 0.25) is 0 Å². The van der Waals surface area contributed by atoms with Crippen LogP contribution in [0.3, 0.4) is 0 Å². The fourth-order valence-corrected chi connectivity index (χ4v) is 1.72. The molecule has 2 rings (SSSR count). The van der Waals surface area contributed by atoms with Gasteiger partial charge in [-0.2, -0.15) is 5.26 Å². The first-order valence-electron chi connectivity index (χ1n) is 5.93. The van der Waals surface area contributed by atoms with Gasteiger partial charge in [0.2, 0.25) is 0 Å². The molecule has 0 aromatic heterocycles. The predicted molar refractivity (Wildman–Crippen MR) is 68.5 cm³/mol. The Morgan fingerprint density at radius 3 is 3.17 bits per heavy atom. The molecule has 0 bridgehead atoms. The van der Waals surface area contributed by atoms with E-state index in [1.165, 1.54) is 0 Å². The molecule has 5 nitrogen and oxygen atoms in total. The minimum Gasteiger partial charge on any atom is -0.479 e. The molecule has 1 heterocycles. The van der Waals surface area contributed by atoms with Gasteiger partial charge in [-0.1, -0.05) is 0 Å². The zero-order valence-corrected chi connectivity index (χ0v) is 10.2. The summed E-state index contributed by atoms with van der Waals surface area (Å²) in [7, 11) is 0. The smallest absolute Gasteiger partial charge is 0.265 e. The topological polar surface area (TPSA) is 74.2 Å². The van der Waals surface area contributed by atoms with E-state index in [0.29, 0.717) is 17.9 Å². The van der Waals surface area contributed by atoms with Crippen molar-refractivity contribution < 1.29 is 9.53 Å². The Balaban J connectivity index is 2.02. The highest BCUT2D eigenvalue weighted by molar-refractivity contribution is 5.98. The molecule has 1 atom stereocenters. The molecule has 1 aliphatic rings. The normalized spacial score (nSPS) is 17.1. The van der Waals surface area contributed by atoms with Crippen molar-refractivity contribution in [3.05, 3.63) is 18.2 Å². The third kappa shape index (κ3) is 2.72. The first-order chi connectivity index (χ1) is 8.70. The van der Waals surface area contributed by atoms with E-state index in [1.807, 2.05) is 18.2 Å². The number of ether oxygens (including phenoxy) is 1. The summed E-state index contributed by atoms with van der Waals surface area (Å²) in [5.74, 6) is 0.550. The van der Waals surface area contributed by atoms with Gasteiger partial charge in [0, 0.05) is 18.7 Å². The molecule has 1 amide bonds. The average molecular weight is 245 g/mol. The van der Waals surface area contributed by atoms with Gasteiger partial charge in [-0.05, 0) is 31.5 Å². The van der Waals surface area contributed by atoms with Gasteiger partial charge in [-0.25, -0.2) is 0 Å². The van der Waals surface area contributed by atoms with E-state index in [1.54, 1.807) is 6.92 Å². The average Bonchev–Trinajstić information content (AvgIpc) is 2.36. The van der Waals surface area contributed by atoms with E-state index in [9.17, 15) is 4.79 Å². The summed E-state index contributed by atoms with van der Waals surface area (Å²) >= 11 is 0. The van der Waals surface area contributed by atoms with E-state index < -0.39 is 6.10 Å². The lowest BCUT2D eigenvalue weighted by atomic mass is 10.2. The Hall–Kier alpha value is -2.22. The second kappa shape index (κ2) is 5.41. The number of amides is 1. The third-order valence-electron chi connectivity index (χ3n) is 2.70. The van der Waals surface area contributed by atoms with Gasteiger partial charge in [0.05, 0.1) is 11.8 Å². The number of nitriles is 1. The van der Waals surface area contributed by atoms with Crippen LogP contribution in [0.15, 0.2) is 18.2 Å². The maximum atomic E-state index is 11.5. The molecular formula is C13H15N3O2. The molecule has 0 saturated heterocycles. The van der Waals surface area contributed by atoms with Gasteiger partial charge >= 0.3 is 0 Å². The van der Waals surface area contributed by atoms with Crippen molar-refractivity contribution in [1.82, 2.24) is 0 Å². The second-order valence-corrected chi connectivity index (χ2v) is 4.15. The van der Waals surface area contributed by atoms with Crippen molar-refractivity contribution in [2.24, 2.45) is 0 Å². The molecule has 1 aromatic rings. The van der Waals surface area contributed by atoms with Gasteiger partial charge in [-0.15, -0.1) is 0 Å². The summed E-state index contributed by atoms with van der Waals surface area (Å²) in [6, 6.07) is 7.67. The quantitative estimate of drug-likeness (QED) is 0.797. The molecule has 94 valence electrons. The number of carbonyl (C=O) groups excluding carboxylic acids is 1. The SMILES string of the molecule is CC1Oc2ccc(NCCCC#N)cc2NC1=O. The summed E-state index contributed by atoms with van der Waals surface area (Å²) in [6.45, 7) is 2.45. The standard InChI is InChI=1S/C13H15N3O2/c1-9-13(17)16-11-8-10(4-5-12(11)18-9)15-7-3-2-6-14/h4-5,8-9,15H,2-3,7H2,1H3,(H,16,17). The van der Waals surface area contributed by atoms with Gasteiger partial charge in [0.1, 0.15) is 5.75 Å². The zero-order valence-electron chi connectivity index (χ0n) is 10.2. The summed E-state index contributed by atoms with van der Waals surface area (Å²) in [4.78, 5) is 11.5. The Labute approximate surface area is 106 Å². The van der Waals surface area contributed by atoms with E-state index in [2.05, 4.69) is 16.7 Å². The van der Waals surface area contributed by atoms with Gasteiger partial charge in [0.15, 0.2) is 6.10 Å². The van der Waals surface area contributed by atoms with Crippen molar-refractivity contribution in [3.63, 3.8) is 0 Å². The fraction of sp³-hybridized carbons (Fsp3) is 0.385. The van der Waals surface area contributed by atoms with Crippen molar-refractivity contribution in [2.75, 3.05) is 17.2 Å². The number of anilines is 2. The molecule has 18 heavy (non-hydrogen) atoms. The maximum absolute atomic E-state index is 11.5. The first-order valence-corrected chi connectivity index (χ1v) is 5.93. The minimum atomic E-state index is -0.452. The van der Waals surface area contributed by atoms with E-state index in [-0.39, 0.29) is 5.91 Å². The molecule has 1 aromatic carbocycles. The Bertz CT molecular complexity index is 493. The molecule has 1 unspecified atom stereocenters. The molecule has 0 radical (unpaired) electrons. The number of hydrogen-bond donors (Lipinski definition) is 2. The molecular weight excluding hydrogens is 230 g/mol. The fourth-order valence-electron chi connectivity index (χ4n) is 1.72. The van der Waals surface area contributed by atoms with Crippen LogP contribution < -0.4 is 15.4 Å². The largest absolute Gasteiger partial charge is 0.479 e. The highest BCUT2D eigenvalue weighted by atomic mass is 16.5. The van der Waals surface area contributed by atoms with Gasteiger partial charge < -0.3 is 15.4 Å². The molecule has 5 heteroatoms. The van der Waals surface area contributed by atoms with Crippen LogP contribution in [0.4, 0.5) is 11.4 Å². The third-order valence-corrected chi connectivity index (χ3v) is 2.70. The van der Waals surface area contributed by atoms with Crippen molar-refractivity contribution in [2.45, 2.75) is 25.9 Å². The Kier molecular flexibility index (Phi) is 3.68. The maximum Gasteiger partial charge on any atom is 0.265 e. The summed E-state index contributed by atoms with van der Waals surface area (Å²) in [6.07, 6.45) is 0.884. The number of benzene rings is 1. The van der Waals surface area contributed by atoms with Crippen LogP contribution in [0, 0.1) is 11.3 Å². The monoisotopic (exact) mass is 245 g/mol. The minimum absolute atomic E-state index is 0.135. The number of nitrogens with one attached hydrogen (secondary N) is 2. The summed E-state index contributed by atoms with van der Waals surface area (Å²) in [5.41, 5.74) is 1.59. The molecule has 0 saturated carbocycles. The lowest BCUT2D eigenvalue weighted by Crippen LogP contribution is -2.34. The van der Waals surface area contributed by atoms with Crippen molar-refractivity contribution >= 4 is 17.3 Å². The first kappa shape index (κ1) is 12.2. The number of carbonyl (C=O) groups is 1. The Morgan fingerprint density at radius 1 is 1.56 bits per heavy atom. The van der Waals surface area contributed by atoms with Crippen LogP contribution in [-0.2, 0) is 4.79 Å². The predicted octanol–water partition coefficient (Wildman–Crippen LogP) is 2.12. The van der Waals surface area contributed by atoms with Crippen molar-refractivity contribution in [3.8, 4) is 11.8 Å². The molecule has 0 aliphatic carbocycles. The lowest BCUT2D eigenvalue weighted by molar-refractivity contribution is -0.122. The highest BCUT2D eigenvalue weighted by Crippen LogP contribution is 2.32. The molecule has 0 fully saturated rings. The number of hydrogen-bond acceptors (Lipinski definition) is 4. The number of unbranched alkanes of at least 4 members (excludes halogenated alkanes) is 1. The summed E-state index contributed by atoms with van der Waals surface area (Å²) < 4.78 is 5.46. The highest BCUT2D eigenvalue weighted by Gasteiger charge is 2.23. The lowest BCUT2D eigenvalue weighted by Gasteiger charge is -2.23. The number of fused-ring (bicyclic) bond motifs is 1. The summed E-state index contributed by atoms with van der Waals surface area (Å²) in [5, 5.41) is 14.4. The van der Waals surface area contributed by atoms with Gasteiger partial charge in [-0.3, -0.25) is 4.79 Å². The molecule has 1 aliphatic heterocycles. The Morgan fingerprint density at radius 2 is 2.39 bits per heavy atom. The zero-order chi connectivity index (χ0) is 13.0. The van der Waals surface area contributed by atoms with E-state index in [0.717, 1.165) is 18.7 Å². The molecule has 2 N–H and O–H groups in total. The van der Waals surface area contributed by atoms with Crippen LogP contribution in [-0.4, -0.2) is 18.6 Å². The van der Waals surface area contributed by atoms with Crippen LogP contribution in [0.25, 0.3) is 0 Å².